The van der Waals surface area contributed by atoms with Crippen LogP contribution in [0, 0.1) is 5.82 Å². The van der Waals surface area contributed by atoms with E-state index in [2.05, 4.69) is 15.5 Å². The Morgan fingerprint density at radius 1 is 1.15 bits per heavy atom. The van der Waals surface area contributed by atoms with E-state index in [4.69, 9.17) is 4.74 Å². The normalized spacial score (nSPS) is 15.9. The third-order valence-corrected chi connectivity index (χ3v) is 5.26. The lowest BCUT2D eigenvalue weighted by atomic mass is 10.0. The van der Waals surface area contributed by atoms with Crippen LogP contribution in [-0.4, -0.2) is 56.1 Å². The summed E-state index contributed by atoms with van der Waals surface area (Å²) in [5.41, 5.74) is 0.932. The number of halogens is 1. The van der Waals surface area contributed by atoms with Crippen LogP contribution in [-0.2, 0) is 9.53 Å². The Bertz CT molecular complexity index is 746. The van der Waals surface area contributed by atoms with E-state index in [-0.39, 0.29) is 30.2 Å². The standard InChI is InChI=1S/C19H22FN3O3S/c20-15-5-3-14(4-6-15)16(23-7-9-26-10-8-23)12-21-18(24)13-22-19(25)17-2-1-11-27-17/h1-6,11,16H,7-10,12-13H2,(H,21,24)(H,22,25). The first-order valence-corrected chi connectivity index (χ1v) is 9.67. The molecule has 0 radical (unpaired) electrons. The highest BCUT2D eigenvalue weighted by Crippen LogP contribution is 2.21. The number of benzene rings is 1. The molecule has 27 heavy (non-hydrogen) atoms. The average Bonchev–Trinajstić information content (AvgIpc) is 3.23. The fourth-order valence-electron chi connectivity index (χ4n) is 2.96. The number of amides is 2. The molecule has 1 atom stereocenters. The molecule has 1 aromatic carbocycles. The maximum atomic E-state index is 13.3. The Hall–Kier alpha value is -2.29. The van der Waals surface area contributed by atoms with Gasteiger partial charge in [0.25, 0.3) is 5.91 Å². The fraction of sp³-hybridized carbons (Fsp3) is 0.368. The van der Waals surface area contributed by atoms with Crippen molar-refractivity contribution in [3.63, 3.8) is 0 Å². The van der Waals surface area contributed by atoms with Crippen LogP contribution in [0.15, 0.2) is 41.8 Å². The van der Waals surface area contributed by atoms with Gasteiger partial charge in [0.1, 0.15) is 5.82 Å². The van der Waals surface area contributed by atoms with Gasteiger partial charge in [-0.25, -0.2) is 4.39 Å². The quantitative estimate of drug-likeness (QED) is 0.755. The molecule has 0 spiro atoms. The summed E-state index contributed by atoms with van der Waals surface area (Å²) in [4.78, 5) is 26.9. The highest BCUT2D eigenvalue weighted by atomic mass is 32.1. The lowest BCUT2D eigenvalue weighted by molar-refractivity contribution is -0.120. The van der Waals surface area contributed by atoms with Crippen molar-refractivity contribution in [2.24, 2.45) is 0 Å². The Kier molecular flexibility index (Phi) is 6.92. The SMILES string of the molecule is O=C(CNC(=O)c1cccs1)NCC(c1ccc(F)cc1)N1CCOCC1. The number of hydrogen-bond acceptors (Lipinski definition) is 5. The molecule has 2 amide bonds. The second kappa shape index (κ2) is 9.59. The lowest BCUT2D eigenvalue weighted by Gasteiger charge is -2.35. The third-order valence-electron chi connectivity index (χ3n) is 4.39. The zero-order chi connectivity index (χ0) is 19.1. The molecule has 1 aromatic heterocycles. The highest BCUT2D eigenvalue weighted by Gasteiger charge is 2.23. The molecule has 1 saturated heterocycles. The molecule has 0 bridgehead atoms. The van der Waals surface area contributed by atoms with Crippen LogP contribution in [0.2, 0.25) is 0 Å². The summed E-state index contributed by atoms with van der Waals surface area (Å²) in [7, 11) is 0. The Morgan fingerprint density at radius 3 is 2.56 bits per heavy atom. The zero-order valence-electron chi connectivity index (χ0n) is 14.8. The number of ether oxygens (including phenoxy) is 1. The van der Waals surface area contributed by atoms with Crippen LogP contribution in [0.1, 0.15) is 21.3 Å². The maximum Gasteiger partial charge on any atom is 0.261 e. The van der Waals surface area contributed by atoms with E-state index >= 15 is 0 Å². The Morgan fingerprint density at radius 2 is 1.89 bits per heavy atom. The van der Waals surface area contributed by atoms with E-state index in [9.17, 15) is 14.0 Å². The number of nitrogens with zero attached hydrogens (tertiary/aromatic N) is 1. The molecule has 3 rings (SSSR count). The van der Waals surface area contributed by atoms with Gasteiger partial charge in [-0.1, -0.05) is 18.2 Å². The number of carbonyl (C=O) groups excluding carboxylic acids is 2. The van der Waals surface area contributed by atoms with Crippen LogP contribution in [0.3, 0.4) is 0 Å². The van der Waals surface area contributed by atoms with Gasteiger partial charge in [0, 0.05) is 19.6 Å². The first kappa shape index (κ1) is 19.5. The van der Waals surface area contributed by atoms with Crippen molar-refractivity contribution in [3.05, 3.63) is 58.0 Å². The number of rotatable bonds is 7. The first-order chi connectivity index (χ1) is 13.1. The molecule has 2 heterocycles. The van der Waals surface area contributed by atoms with E-state index in [0.717, 1.165) is 18.7 Å². The van der Waals surface area contributed by atoms with Gasteiger partial charge in [0.2, 0.25) is 5.91 Å². The monoisotopic (exact) mass is 391 g/mol. The van der Waals surface area contributed by atoms with Crippen LogP contribution in [0.5, 0.6) is 0 Å². The number of morpholine rings is 1. The number of carbonyl (C=O) groups is 2. The van der Waals surface area contributed by atoms with E-state index < -0.39 is 0 Å². The molecule has 2 aromatic rings. The molecule has 144 valence electrons. The molecule has 8 heteroatoms. The predicted molar refractivity (Wildman–Crippen MR) is 101 cm³/mol. The minimum absolute atomic E-state index is 0.0774. The predicted octanol–water partition coefficient (Wildman–Crippen LogP) is 1.81. The van der Waals surface area contributed by atoms with E-state index in [1.54, 1.807) is 24.3 Å². The van der Waals surface area contributed by atoms with Gasteiger partial charge in [-0.3, -0.25) is 14.5 Å². The second-order valence-electron chi connectivity index (χ2n) is 6.18. The molecule has 1 fully saturated rings. The van der Waals surface area contributed by atoms with Crippen molar-refractivity contribution in [1.29, 1.82) is 0 Å². The van der Waals surface area contributed by atoms with Crippen LogP contribution in [0.4, 0.5) is 4.39 Å². The summed E-state index contributed by atoms with van der Waals surface area (Å²) in [6.07, 6.45) is 0. The summed E-state index contributed by atoms with van der Waals surface area (Å²) in [6.45, 7) is 3.03. The van der Waals surface area contributed by atoms with E-state index in [0.29, 0.717) is 24.6 Å². The summed E-state index contributed by atoms with van der Waals surface area (Å²) >= 11 is 1.33. The molecule has 1 aliphatic heterocycles. The molecule has 6 nitrogen and oxygen atoms in total. The smallest absolute Gasteiger partial charge is 0.261 e. The van der Waals surface area contributed by atoms with Crippen molar-refractivity contribution in [3.8, 4) is 0 Å². The minimum atomic E-state index is -0.292. The summed E-state index contributed by atoms with van der Waals surface area (Å²) in [5, 5.41) is 7.29. The summed E-state index contributed by atoms with van der Waals surface area (Å²) in [5.74, 6) is -0.816. The number of nitrogens with one attached hydrogen (secondary N) is 2. The molecular formula is C19H22FN3O3S. The van der Waals surface area contributed by atoms with Crippen molar-refractivity contribution >= 4 is 23.2 Å². The fourth-order valence-corrected chi connectivity index (χ4v) is 3.60. The molecule has 1 aliphatic rings. The number of hydrogen-bond donors (Lipinski definition) is 2. The average molecular weight is 391 g/mol. The molecule has 1 unspecified atom stereocenters. The lowest BCUT2D eigenvalue weighted by Crippen LogP contribution is -2.45. The Labute approximate surface area is 161 Å². The zero-order valence-corrected chi connectivity index (χ0v) is 15.6. The Balaban J connectivity index is 1.56. The third kappa shape index (κ3) is 5.59. The first-order valence-electron chi connectivity index (χ1n) is 8.79. The van der Waals surface area contributed by atoms with Crippen molar-refractivity contribution in [2.75, 3.05) is 39.4 Å². The summed E-state index contributed by atoms with van der Waals surface area (Å²) < 4.78 is 18.7. The molecule has 0 aliphatic carbocycles. The van der Waals surface area contributed by atoms with Gasteiger partial charge in [0.15, 0.2) is 0 Å². The summed E-state index contributed by atoms with van der Waals surface area (Å²) in [6, 6.07) is 9.74. The van der Waals surface area contributed by atoms with Crippen LogP contribution in [0.25, 0.3) is 0 Å². The molecular weight excluding hydrogens is 369 g/mol. The topological polar surface area (TPSA) is 70.7 Å². The highest BCUT2D eigenvalue weighted by molar-refractivity contribution is 7.12. The molecule has 2 N–H and O–H groups in total. The minimum Gasteiger partial charge on any atom is -0.379 e. The van der Waals surface area contributed by atoms with E-state index in [1.807, 2.05) is 5.38 Å². The van der Waals surface area contributed by atoms with Crippen molar-refractivity contribution in [2.45, 2.75) is 6.04 Å². The van der Waals surface area contributed by atoms with Gasteiger partial charge in [-0.15, -0.1) is 11.3 Å². The van der Waals surface area contributed by atoms with Gasteiger partial charge in [0.05, 0.1) is 30.7 Å². The van der Waals surface area contributed by atoms with E-state index in [1.165, 1.54) is 23.5 Å². The maximum absolute atomic E-state index is 13.3. The molecule has 0 saturated carbocycles. The van der Waals surface area contributed by atoms with Gasteiger partial charge >= 0.3 is 0 Å². The second-order valence-corrected chi connectivity index (χ2v) is 7.13. The van der Waals surface area contributed by atoms with Crippen molar-refractivity contribution < 1.29 is 18.7 Å². The largest absolute Gasteiger partial charge is 0.379 e. The van der Waals surface area contributed by atoms with Gasteiger partial charge in [-0.2, -0.15) is 0 Å². The number of thiophene rings is 1. The van der Waals surface area contributed by atoms with Crippen LogP contribution >= 0.6 is 11.3 Å². The van der Waals surface area contributed by atoms with Crippen LogP contribution < -0.4 is 10.6 Å². The van der Waals surface area contributed by atoms with Gasteiger partial charge < -0.3 is 15.4 Å². The van der Waals surface area contributed by atoms with Crippen molar-refractivity contribution in [1.82, 2.24) is 15.5 Å². The van der Waals surface area contributed by atoms with Gasteiger partial charge in [-0.05, 0) is 29.1 Å².